The Morgan fingerprint density at radius 1 is 1.30 bits per heavy atom. The summed E-state index contributed by atoms with van der Waals surface area (Å²) in [5, 5.41) is 16.0. The van der Waals surface area contributed by atoms with Gasteiger partial charge < -0.3 is 0 Å². The van der Waals surface area contributed by atoms with Gasteiger partial charge in [-0.3, -0.25) is 0 Å². The molecule has 1 aliphatic heterocycles. The zero-order valence-corrected chi connectivity index (χ0v) is 5.69. The number of hydrogen-bond donors (Lipinski definition) is 0. The van der Waals surface area contributed by atoms with Crippen LogP contribution in [0.3, 0.4) is 0 Å². The van der Waals surface area contributed by atoms with Crippen LogP contribution in [0, 0.1) is 0 Å². The van der Waals surface area contributed by atoms with Gasteiger partial charge in [0.25, 0.3) is 0 Å². The van der Waals surface area contributed by atoms with Gasteiger partial charge in [-0.05, 0) is 28.0 Å². The fourth-order valence-electron chi connectivity index (χ4n) is 0.640. The van der Waals surface area contributed by atoms with Crippen LogP contribution in [0.5, 0.6) is 0 Å². The number of aromatic nitrogens is 1. The van der Waals surface area contributed by atoms with Gasteiger partial charge in [-0.1, -0.05) is 0 Å². The molecule has 1 aromatic heterocycles. The Morgan fingerprint density at radius 2 is 2.10 bits per heavy atom. The summed E-state index contributed by atoms with van der Waals surface area (Å²) in [6, 6.07) is 1.86. The minimum atomic E-state index is -0.286. The Hall–Kier alpha value is -1.17. The van der Waals surface area contributed by atoms with Crippen molar-refractivity contribution < 1.29 is 0 Å². The van der Waals surface area contributed by atoms with Gasteiger partial charge in [0.1, 0.15) is 5.69 Å². The van der Waals surface area contributed by atoms with Crippen LogP contribution < -0.4 is 0 Å². The molecule has 0 radical (unpaired) electrons. The van der Waals surface area contributed by atoms with E-state index in [-0.39, 0.29) is 6.17 Å². The summed E-state index contributed by atoms with van der Waals surface area (Å²) in [7, 11) is 0. The fraction of sp³-hybridized carbons (Fsp3) is 0.250. The highest BCUT2D eigenvalue weighted by molar-refractivity contribution is 7.03. The van der Waals surface area contributed by atoms with Gasteiger partial charge >= 0.3 is 0 Å². The maximum absolute atomic E-state index is 4.03. The van der Waals surface area contributed by atoms with E-state index in [0.29, 0.717) is 0 Å². The summed E-state index contributed by atoms with van der Waals surface area (Å²) in [4.78, 5) is 0. The van der Waals surface area contributed by atoms with Crippen molar-refractivity contribution in [1.82, 2.24) is 4.37 Å². The molecule has 2 rings (SSSR count). The van der Waals surface area contributed by atoms with Crippen molar-refractivity contribution in [2.24, 2.45) is 20.7 Å². The Balaban J connectivity index is 2.29. The van der Waals surface area contributed by atoms with Gasteiger partial charge in [-0.15, -0.1) is 10.2 Å². The Bertz CT molecular complexity index is 251. The predicted octanol–water partition coefficient (Wildman–Crippen LogP) is 1.97. The number of rotatable bonds is 1. The lowest BCUT2D eigenvalue weighted by Crippen LogP contribution is -1.85. The first-order valence-corrected chi connectivity index (χ1v) is 3.51. The predicted molar refractivity (Wildman–Crippen MR) is 34.6 cm³/mol. The third-order valence-electron chi connectivity index (χ3n) is 1.08. The molecule has 0 bridgehead atoms. The van der Waals surface area contributed by atoms with E-state index >= 15 is 0 Å². The van der Waals surface area contributed by atoms with Crippen LogP contribution in [-0.4, -0.2) is 4.37 Å². The summed E-state index contributed by atoms with van der Waals surface area (Å²) < 4.78 is 4.03. The second-order valence-electron chi connectivity index (χ2n) is 1.71. The van der Waals surface area contributed by atoms with E-state index in [1.54, 1.807) is 0 Å². The van der Waals surface area contributed by atoms with Crippen LogP contribution in [-0.2, 0) is 0 Å². The molecule has 0 N–H and O–H groups in total. The summed E-state index contributed by atoms with van der Waals surface area (Å²) in [6.07, 6.45) is -0.286. The molecule has 1 aromatic rings. The lowest BCUT2D eigenvalue weighted by Gasteiger charge is -1.90. The summed E-state index contributed by atoms with van der Waals surface area (Å²) >= 11 is 1.37. The molecule has 50 valence electrons. The van der Waals surface area contributed by atoms with E-state index in [2.05, 4.69) is 25.0 Å². The summed E-state index contributed by atoms with van der Waals surface area (Å²) in [6.45, 7) is 0. The molecular formula is C4H3N5S. The van der Waals surface area contributed by atoms with E-state index in [4.69, 9.17) is 0 Å². The topological polar surface area (TPSA) is 62.3 Å². The largest absolute Gasteiger partial charge is 0.228 e. The first kappa shape index (κ1) is 5.60. The van der Waals surface area contributed by atoms with E-state index in [9.17, 15) is 0 Å². The highest BCUT2D eigenvalue weighted by Gasteiger charge is 2.13. The first-order valence-electron chi connectivity index (χ1n) is 2.67. The molecule has 0 aliphatic carbocycles. The lowest BCUT2D eigenvalue weighted by molar-refractivity contribution is 0.746. The molecule has 0 amide bonds. The Morgan fingerprint density at radius 3 is 2.70 bits per heavy atom. The van der Waals surface area contributed by atoms with Gasteiger partial charge in [0.15, 0.2) is 0 Å². The van der Waals surface area contributed by atoms with E-state index < -0.39 is 0 Å². The van der Waals surface area contributed by atoms with Crippen molar-refractivity contribution in [3.05, 3.63) is 17.1 Å². The second kappa shape index (κ2) is 2.22. The molecule has 5 nitrogen and oxygen atoms in total. The Kier molecular flexibility index (Phi) is 1.24. The average Bonchev–Trinajstić information content (AvgIpc) is 2.59. The summed E-state index contributed by atoms with van der Waals surface area (Å²) in [5.41, 5.74) is 0.815. The smallest absolute Gasteiger partial charge is 0.193 e. The molecular weight excluding hydrogens is 150 g/mol. The molecule has 0 saturated carbocycles. The van der Waals surface area contributed by atoms with Crippen LogP contribution in [0.25, 0.3) is 0 Å². The monoisotopic (exact) mass is 153 g/mol. The average molecular weight is 153 g/mol. The highest BCUT2D eigenvalue weighted by atomic mass is 32.1. The second-order valence-corrected chi connectivity index (χ2v) is 2.37. The molecule has 1 aliphatic rings. The van der Waals surface area contributed by atoms with Crippen molar-refractivity contribution in [3.63, 3.8) is 0 Å². The van der Waals surface area contributed by atoms with Crippen LogP contribution in [0.2, 0.25) is 0 Å². The molecule has 0 spiro atoms. The molecule has 0 saturated heterocycles. The molecule has 10 heavy (non-hydrogen) atoms. The highest BCUT2D eigenvalue weighted by Crippen LogP contribution is 2.22. The fourth-order valence-corrected chi connectivity index (χ4v) is 1.18. The first-order chi connectivity index (χ1) is 4.97. The van der Waals surface area contributed by atoms with Gasteiger partial charge in [0.2, 0.25) is 6.17 Å². The van der Waals surface area contributed by atoms with Crippen molar-refractivity contribution in [3.8, 4) is 0 Å². The molecule has 0 unspecified atom stereocenters. The van der Waals surface area contributed by atoms with Gasteiger partial charge in [0.05, 0.1) is 0 Å². The van der Waals surface area contributed by atoms with Crippen LogP contribution in [0.15, 0.2) is 32.1 Å². The van der Waals surface area contributed by atoms with Crippen molar-refractivity contribution in [2.75, 3.05) is 0 Å². The van der Waals surface area contributed by atoms with Gasteiger partial charge in [0, 0.05) is 5.38 Å². The molecule has 0 aromatic carbocycles. The standard InChI is InChI=1S/C4H3N5S/c1-2-10-7-3(1)4-5-8-9-6-4/h1-2,4H. The minimum absolute atomic E-state index is 0.286. The van der Waals surface area contributed by atoms with Crippen LogP contribution in [0.4, 0.5) is 0 Å². The van der Waals surface area contributed by atoms with Crippen molar-refractivity contribution >= 4 is 11.5 Å². The minimum Gasteiger partial charge on any atom is -0.193 e. The van der Waals surface area contributed by atoms with Gasteiger partial charge in [-0.2, -0.15) is 4.37 Å². The quantitative estimate of drug-likeness (QED) is 0.608. The maximum Gasteiger partial charge on any atom is 0.228 e. The Labute approximate surface area is 60.7 Å². The molecule has 6 heteroatoms. The van der Waals surface area contributed by atoms with E-state index in [1.807, 2.05) is 11.4 Å². The molecule has 0 atom stereocenters. The van der Waals surface area contributed by atoms with Crippen LogP contribution >= 0.6 is 11.5 Å². The number of nitrogens with zero attached hydrogens (tertiary/aromatic N) is 5. The zero-order valence-electron chi connectivity index (χ0n) is 4.88. The third kappa shape index (κ3) is 0.820. The lowest BCUT2D eigenvalue weighted by atomic mass is 10.4. The third-order valence-corrected chi connectivity index (χ3v) is 1.66. The van der Waals surface area contributed by atoms with E-state index in [1.165, 1.54) is 11.5 Å². The van der Waals surface area contributed by atoms with Crippen molar-refractivity contribution in [2.45, 2.75) is 6.17 Å². The molecule has 2 heterocycles. The normalized spacial score (nSPS) is 16.8. The van der Waals surface area contributed by atoms with E-state index in [0.717, 1.165) is 5.69 Å². The SMILES string of the molecule is c1cc(C2N=NN=N2)ns1. The van der Waals surface area contributed by atoms with Gasteiger partial charge in [-0.25, -0.2) is 0 Å². The maximum atomic E-state index is 4.03. The zero-order chi connectivity index (χ0) is 6.81. The number of hydrogen-bond acceptors (Lipinski definition) is 6. The summed E-state index contributed by atoms with van der Waals surface area (Å²) in [5.74, 6) is 0. The van der Waals surface area contributed by atoms with Crippen LogP contribution in [0.1, 0.15) is 11.9 Å². The molecule has 0 fully saturated rings. The van der Waals surface area contributed by atoms with Crippen molar-refractivity contribution in [1.29, 1.82) is 0 Å².